The van der Waals surface area contributed by atoms with Crippen LogP contribution in [0.15, 0.2) is 0 Å². The van der Waals surface area contributed by atoms with Crippen LogP contribution in [0.25, 0.3) is 11.5 Å². The Labute approximate surface area is 111 Å². The maximum atomic E-state index is 8.98. The molecule has 0 N–H and O–H groups in total. The van der Waals surface area contributed by atoms with Crippen LogP contribution in [0.3, 0.4) is 0 Å². The van der Waals surface area contributed by atoms with Crippen LogP contribution in [0.4, 0.5) is 0 Å². The molecule has 1 aliphatic rings. The molecule has 16 heavy (non-hydrogen) atoms. The van der Waals surface area contributed by atoms with E-state index in [1.807, 2.05) is 0 Å². The molecule has 1 rings (SSSR count). The molecule has 0 aromatic heterocycles. The second-order valence-electron chi connectivity index (χ2n) is 3.79. The van der Waals surface area contributed by atoms with Gasteiger partial charge in [-0.25, -0.2) is 0 Å². The van der Waals surface area contributed by atoms with Crippen LogP contribution in [0.1, 0.15) is 32.1 Å². The van der Waals surface area contributed by atoms with Gasteiger partial charge in [-0.05, 0) is 0 Å². The molecule has 6 nitrogen and oxygen atoms in total. The third-order valence-corrected chi connectivity index (χ3v) is 2.59. The maximum Gasteiger partial charge on any atom is 4.00 e. The minimum absolute atomic E-state index is 0. The molecule has 0 atom stereocenters. The molecule has 0 amide bonds. The van der Waals surface area contributed by atoms with Crippen LogP contribution in [-0.2, 0) is 31.5 Å². The van der Waals surface area contributed by atoms with Crippen LogP contribution in [0, 0.1) is 5.41 Å². The summed E-state index contributed by atoms with van der Waals surface area (Å²) < 4.78 is 34.1. The van der Waals surface area contributed by atoms with Crippen LogP contribution >= 0.6 is 0 Å². The quantitative estimate of drug-likeness (QED) is 0.484. The van der Waals surface area contributed by atoms with Crippen molar-refractivity contribution in [2.75, 3.05) is 13.1 Å². The Bertz CT molecular complexity index is 251. The summed E-state index contributed by atoms with van der Waals surface area (Å²) in [5.74, 6) is 0. The van der Waals surface area contributed by atoms with Crippen molar-refractivity contribution in [2.45, 2.75) is 32.1 Å². The van der Waals surface area contributed by atoms with Gasteiger partial charge in [-0.2, -0.15) is 13.1 Å². The Kier molecular flexibility index (Phi) is 10.1. The summed E-state index contributed by atoms with van der Waals surface area (Å²) in [5.41, 5.74) is 17.8. The molecule has 0 saturated heterocycles. The summed E-state index contributed by atoms with van der Waals surface area (Å²) in [7, 11) is -5.17. The Morgan fingerprint density at radius 1 is 1.00 bits per heavy atom. The van der Waals surface area contributed by atoms with Gasteiger partial charge in [0.1, 0.15) is 0 Å². The number of nitrogens with zero attached hydrogens (tertiary/aromatic N) is 2. The SMILES string of the molecule is O=S(=O)([O-])[O-].[N-]CC1(C[N-])CCCCC1.[Pt+4]. The van der Waals surface area contributed by atoms with E-state index >= 15 is 0 Å². The minimum Gasteiger partial charge on any atom is -0.808 e. The summed E-state index contributed by atoms with van der Waals surface area (Å²) in [5, 5.41) is 0. The van der Waals surface area contributed by atoms with E-state index in [0.717, 1.165) is 12.8 Å². The molecule has 2 radical (unpaired) electrons. The fourth-order valence-corrected chi connectivity index (χ4v) is 1.67. The monoisotopic (exact) mass is 429 g/mol. The Hall–Kier alpha value is 0.478. The van der Waals surface area contributed by atoms with Gasteiger partial charge in [-0.1, -0.05) is 37.5 Å². The van der Waals surface area contributed by atoms with Crippen LogP contribution in [0.2, 0.25) is 0 Å². The first-order valence-electron chi connectivity index (χ1n) is 4.71. The first-order valence-corrected chi connectivity index (χ1v) is 6.05. The van der Waals surface area contributed by atoms with Gasteiger partial charge >= 0.3 is 21.1 Å². The van der Waals surface area contributed by atoms with E-state index < -0.39 is 10.4 Å². The largest absolute Gasteiger partial charge is 4.00 e. The zero-order valence-electron chi connectivity index (χ0n) is 8.70. The van der Waals surface area contributed by atoms with Gasteiger partial charge in [0.25, 0.3) is 0 Å². The van der Waals surface area contributed by atoms with Gasteiger partial charge in [0.15, 0.2) is 0 Å². The Balaban J connectivity index is 0. The smallest absolute Gasteiger partial charge is 0.808 e. The molecule has 0 bridgehead atoms. The van der Waals surface area contributed by atoms with E-state index in [-0.39, 0.29) is 39.6 Å². The van der Waals surface area contributed by atoms with E-state index in [1.165, 1.54) is 19.3 Å². The number of hydrogen-bond donors (Lipinski definition) is 0. The van der Waals surface area contributed by atoms with Crippen molar-refractivity contribution in [3.05, 3.63) is 11.5 Å². The molecule has 0 aromatic carbocycles. The van der Waals surface area contributed by atoms with Crippen molar-refractivity contribution in [1.29, 1.82) is 0 Å². The molecule has 0 spiro atoms. The molecule has 0 aromatic rings. The summed E-state index contributed by atoms with van der Waals surface area (Å²) in [6, 6.07) is 0. The molecule has 8 heteroatoms. The van der Waals surface area contributed by atoms with Crippen LogP contribution < -0.4 is 0 Å². The Morgan fingerprint density at radius 2 is 1.31 bits per heavy atom. The van der Waals surface area contributed by atoms with Crippen molar-refractivity contribution in [3.8, 4) is 0 Å². The average Bonchev–Trinajstić information content (AvgIpc) is 2.16. The first kappa shape index (κ1) is 18.8. The van der Waals surface area contributed by atoms with E-state index in [9.17, 15) is 0 Å². The summed E-state index contributed by atoms with van der Waals surface area (Å²) in [4.78, 5) is 0. The normalized spacial score (nSPS) is 19.0. The molecule has 1 fully saturated rings. The van der Waals surface area contributed by atoms with Crippen molar-refractivity contribution < 1.29 is 38.6 Å². The maximum absolute atomic E-state index is 8.98. The van der Waals surface area contributed by atoms with Crippen molar-refractivity contribution >= 4 is 10.4 Å². The number of rotatable bonds is 2. The van der Waals surface area contributed by atoms with Crippen molar-refractivity contribution in [2.24, 2.45) is 5.41 Å². The predicted molar refractivity (Wildman–Crippen MR) is 52.4 cm³/mol. The molecule has 0 unspecified atom stereocenters. The van der Waals surface area contributed by atoms with E-state index in [2.05, 4.69) is 0 Å². The predicted octanol–water partition coefficient (Wildman–Crippen LogP) is 1.27. The van der Waals surface area contributed by atoms with E-state index in [4.69, 9.17) is 29.0 Å². The van der Waals surface area contributed by atoms with Crippen molar-refractivity contribution in [1.82, 2.24) is 0 Å². The fraction of sp³-hybridized carbons (Fsp3) is 1.00. The third kappa shape index (κ3) is 9.69. The second-order valence-corrected chi connectivity index (χ2v) is 4.60. The van der Waals surface area contributed by atoms with Gasteiger partial charge in [0, 0.05) is 10.4 Å². The van der Waals surface area contributed by atoms with Crippen LogP contribution in [0.5, 0.6) is 0 Å². The van der Waals surface area contributed by atoms with Gasteiger partial charge in [-0.15, -0.1) is 0 Å². The molecule has 96 valence electrons. The van der Waals surface area contributed by atoms with E-state index in [1.54, 1.807) is 0 Å². The summed E-state index contributed by atoms with van der Waals surface area (Å²) >= 11 is 0. The zero-order chi connectivity index (χ0) is 11.9. The summed E-state index contributed by atoms with van der Waals surface area (Å²) in [6.45, 7) is 0.312. The van der Waals surface area contributed by atoms with Gasteiger partial charge in [0.2, 0.25) is 0 Å². The van der Waals surface area contributed by atoms with Crippen molar-refractivity contribution in [3.63, 3.8) is 0 Å². The van der Waals surface area contributed by atoms with Gasteiger partial charge in [-0.3, -0.25) is 8.42 Å². The standard InChI is InChI=1S/C8H14N2.H2O4S.Pt/c9-6-8(7-10)4-2-1-3-5-8;1-5(2,3)4;/h1-7H2;(H2,1,2,3,4);/q-2;;+4/p-2. The minimum atomic E-state index is -5.17. The number of hydrogen-bond acceptors (Lipinski definition) is 4. The molecule has 0 aliphatic heterocycles. The zero-order valence-corrected chi connectivity index (χ0v) is 11.8. The molecular weight excluding hydrogens is 415 g/mol. The third-order valence-electron chi connectivity index (χ3n) is 2.59. The average molecular weight is 429 g/mol. The van der Waals surface area contributed by atoms with Gasteiger partial charge in [0.05, 0.1) is 0 Å². The second kappa shape index (κ2) is 8.55. The fourth-order valence-electron chi connectivity index (χ4n) is 1.67. The first-order chi connectivity index (χ1) is 6.83. The molecule has 1 aliphatic carbocycles. The topological polar surface area (TPSA) is 125 Å². The van der Waals surface area contributed by atoms with Gasteiger partial charge < -0.3 is 20.6 Å². The molecule has 0 heterocycles. The molecular formula is C8H14N2O4PtS. The van der Waals surface area contributed by atoms with Crippen LogP contribution in [-0.4, -0.2) is 30.6 Å². The van der Waals surface area contributed by atoms with E-state index in [0.29, 0.717) is 0 Å². The Morgan fingerprint density at radius 3 is 1.50 bits per heavy atom. The summed E-state index contributed by atoms with van der Waals surface area (Å²) in [6.07, 6.45) is 5.60. The molecule has 1 saturated carbocycles.